The van der Waals surface area contributed by atoms with Crippen molar-refractivity contribution in [1.82, 2.24) is 9.55 Å². The molecule has 1 saturated carbocycles. The Morgan fingerprint density at radius 3 is 2.96 bits per heavy atom. The summed E-state index contributed by atoms with van der Waals surface area (Å²) >= 11 is 7.52. The van der Waals surface area contributed by atoms with Crippen LogP contribution in [-0.4, -0.2) is 33.8 Å². The lowest BCUT2D eigenvalue weighted by Gasteiger charge is -2.17. The van der Waals surface area contributed by atoms with Crippen molar-refractivity contribution in [3.63, 3.8) is 0 Å². The van der Waals surface area contributed by atoms with Crippen LogP contribution in [0.25, 0.3) is 10.9 Å². The van der Waals surface area contributed by atoms with Crippen LogP contribution in [0.15, 0.2) is 28.2 Å². The first-order valence-electron chi connectivity index (χ1n) is 9.57. The number of fused-ring (bicyclic) bond motifs is 1. The fraction of sp³-hybridized carbons (Fsp3) is 0.550. The Bertz CT molecular complexity index is 868. The van der Waals surface area contributed by atoms with Gasteiger partial charge in [0.05, 0.1) is 16.2 Å². The van der Waals surface area contributed by atoms with Gasteiger partial charge in [-0.15, -0.1) is 0 Å². The lowest BCUT2D eigenvalue weighted by atomic mass is 10.2. The van der Waals surface area contributed by atoms with E-state index in [0.29, 0.717) is 47.3 Å². The van der Waals surface area contributed by atoms with Crippen LogP contribution < -0.4 is 5.56 Å². The molecule has 27 heavy (non-hydrogen) atoms. The number of halogens is 1. The summed E-state index contributed by atoms with van der Waals surface area (Å²) in [5.41, 5.74) is 0.494. The van der Waals surface area contributed by atoms with Gasteiger partial charge < -0.3 is 4.74 Å². The molecule has 0 amide bonds. The predicted molar refractivity (Wildman–Crippen MR) is 110 cm³/mol. The fourth-order valence-electron chi connectivity index (χ4n) is 3.31. The lowest BCUT2D eigenvalue weighted by molar-refractivity contribution is -0.118. The highest BCUT2D eigenvalue weighted by molar-refractivity contribution is 8.00. The molecule has 5 nitrogen and oxygen atoms in total. The molecule has 1 aromatic heterocycles. The third kappa shape index (κ3) is 5.12. The van der Waals surface area contributed by atoms with Gasteiger partial charge in [-0.3, -0.25) is 14.2 Å². The molecular weight excluding hydrogens is 384 g/mol. The first kappa shape index (κ1) is 20.4. The van der Waals surface area contributed by atoms with Gasteiger partial charge >= 0.3 is 0 Å². The van der Waals surface area contributed by atoms with Crippen LogP contribution >= 0.6 is 23.4 Å². The number of ether oxygens (including phenoxy) is 1. The van der Waals surface area contributed by atoms with Gasteiger partial charge in [0.2, 0.25) is 0 Å². The van der Waals surface area contributed by atoms with Crippen molar-refractivity contribution in [1.29, 1.82) is 0 Å². The van der Waals surface area contributed by atoms with Crippen LogP contribution in [-0.2, 0) is 16.1 Å². The monoisotopic (exact) mass is 408 g/mol. The van der Waals surface area contributed by atoms with Crippen LogP contribution in [0.4, 0.5) is 0 Å². The summed E-state index contributed by atoms with van der Waals surface area (Å²) in [6, 6.07) is 5.14. The summed E-state index contributed by atoms with van der Waals surface area (Å²) in [4.78, 5) is 30.2. The third-order valence-corrected chi connectivity index (χ3v) is 6.29. The molecule has 1 aromatic carbocycles. The minimum absolute atomic E-state index is 0.0864. The zero-order chi connectivity index (χ0) is 19.2. The highest BCUT2D eigenvalue weighted by Gasteiger charge is 2.24. The average molecular weight is 409 g/mol. The van der Waals surface area contributed by atoms with E-state index in [0.717, 1.165) is 32.1 Å². The quantitative estimate of drug-likeness (QED) is 0.384. The van der Waals surface area contributed by atoms with Crippen molar-refractivity contribution in [3.8, 4) is 0 Å². The highest BCUT2D eigenvalue weighted by Crippen LogP contribution is 2.30. The maximum atomic E-state index is 13.1. The molecular formula is C20H25ClN2O3S. The Kier molecular flexibility index (Phi) is 7.33. The van der Waals surface area contributed by atoms with Gasteiger partial charge in [-0.25, -0.2) is 4.98 Å². The van der Waals surface area contributed by atoms with E-state index in [9.17, 15) is 9.59 Å². The number of rotatable bonds is 7. The fourth-order valence-corrected chi connectivity index (χ4v) is 4.72. The zero-order valence-electron chi connectivity index (χ0n) is 15.6. The number of carbonyl (C=O) groups excluding carboxylic acids is 1. The lowest BCUT2D eigenvalue weighted by Crippen LogP contribution is -2.26. The van der Waals surface area contributed by atoms with Crippen molar-refractivity contribution < 1.29 is 9.53 Å². The number of hydrogen-bond donors (Lipinski definition) is 0. The molecule has 1 aliphatic carbocycles. The van der Waals surface area contributed by atoms with Crippen LogP contribution in [0.3, 0.4) is 0 Å². The molecule has 7 heteroatoms. The van der Waals surface area contributed by atoms with E-state index in [2.05, 4.69) is 0 Å². The summed E-state index contributed by atoms with van der Waals surface area (Å²) in [6.45, 7) is 3.72. The average Bonchev–Trinajstić information content (AvgIpc) is 2.85. The minimum Gasteiger partial charge on any atom is -0.382 e. The standard InChI is InChI=1S/C20H25ClN2O3S/c1-2-26-12-6-11-23-19(25)15-10-9-14(21)13-16(15)22-20(23)27-18-8-5-3-4-7-17(18)24/h9-10,13,18H,2-8,11-12H2,1H3. The largest absolute Gasteiger partial charge is 0.382 e. The van der Waals surface area contributed by atoms with E-state index >= 15 is 0 Å². The first-order valence-corrected chi connectivity index (χ1v) is 10.8. The molecule has 1 heterocycles. The van der Waals surface area contributed by atoms with Crippen molar-refractivity contribution >= 4 is 40.0 Å². The summed E-state index contributed by atoms with van der Waals surface area (Å²) < 4.78 is 7.10. The summed E-state index contributed by atoms with van der Waals surface area (Å²) in [6.07, 6.45) is 5.26. The number of aromatic nitrogens is 2. The van der Waals surface area contributed by atoms with Crippen molar-refractivity contribution in [2.24, 2.45) is 0 Å². The Labute approximate surface area is 168 Å². The maximum Gasteiger partial charge on any atom is 0.262 e. The van der Waals surface area contributed by atoms with Gasteiger partial charge in [0.15, 0.2) is 5.16 Å². The summed E-state index contributed by atoms with van der Waals surface area (Å²) in [5.74, 6) is 0.263. The Morgan fingerprint density at radius 1 is 1.30 bits per heavy atom. The summed E-state index contributed by atoms with van der Waals surface area (Å²) in [5, 5.41) is 1.57. The number of ketones is 1. The Morgan fingerprint density at radius 2 is 2.15 bits per heavy atom. The van der Waals surface area contributed by atoms with E-state index in [1.807, 2.05) is 6.92 Å². The number of benzene rings is 1. The number of nitrogens with zero attached hydrogens (tertiary/aromatic N) is 2. The number of Topliss-reactive ketones (excluding diaryl/α,β-unsaturated/α-hetero) is 1. The molecule has 0 N–H and O–H groups in total. The molecule has 146 valence electrons. The first-order chi connectivity index (χ1) is 13.1. The van der Waals surface area contributed by atoms with Gasteiger partial charge in [-0.1, -0.05) is 36.2 Å². The topological polar surface area (TPSA) is 61.2 Å². The molecule has 0 spiro atoms. The predicted octanol–water partition coefficient (Wildman–Crippen LogP) is 4.47. The SMILES string of the molecule is CCOCCCn1c(SC2CCCCCC2=O)nc2cc(Cl)ccc2c1=O. The number of thioether (sulfide) groups is 1. The van der Waals surface area contributed by atoms with E-state index in [4.69, 9.17) is 21.3 Å². The van der Waals surface area contributed by atoms with E-state index in [1.54, 1.807) is 22.8 Å². The van der Waals surface area contributed by atoms with E-state index < -0.39 is 0 Å². The molecule has 3 rings (SSSR count). The second-order valence-corrected chi connectivity index (χ2v) is 8.34. The molecule has 0 radical (unpaired) electrons. The van der Waals surface area contributed by atoms with Gasteiger partial charge in [0.25, 0.3) is 5.56 Å². The molecule has 1 atom stereocenters. The van der Waals surface area contributed by atoms with E-state index in [-0.39, 0.29) is 16.6 Å². The van der Waals surface area contributed by atoms with Gasteiger partial charge in [0, 0.05) is 31.2 Å². The van der Waals surface area contributed by atoms with Gasteiger partial charge in [0.1, 0.15) is 5.78 Å². The molecule has 0 saturated heterocycles. The molecule has 1 unspecified atom stereocenters. The number of hydrogen-bond acceptors (Lipinski definition) is 5. The number of carbonyl (C=O) groups is 1. The Hall–Kier alpha value is -1.37. The second-order valence-electron chi connectivity index (χ2n) is 6.74. The second kappa shape index (κ2) is 9.71. The van der Waals surface area contributed by atoms with Crippen molar-refractivity contribution in [2.45, 2.75) is 62.4 Å². The van der Waals surface area contributed by atoms with Crippen LogP contribution in [0.5, 0.6) is 0 Å². The molecule has 2 aromatic rings. The van der Waals surface area contributed by atoms with Crippen molar-refractivity contribution in [2.75, 3.05) is 13.2 Å². The molecule has 1 fully saturated rings. The summed E-state index contributed by atoms with van der Waals surface area (Å²) in [7, 11) is 0. The van der Waals surface area contributed by atoms with E-state index in [1.165, 1.54) is 11.8 Å². The highest BCUT2D eigenvalue weighted by atomic mass is 35.5. The van der Waals surface area contributed by atoms with Crippen molar-refractivity contribution in [3.05, 3.63) is 33.6 Å². The minimum atomic E-state index is -0.130. The van der Waals surface area contributed by atoms with Gasteiger partial charge in [-0.05, 0) is 44.4 Å². The van der Waals surface area contributed by atoms with Crippen LogP contribution in [0, 0.1) is 0 Å². The molecule has 0 aliphatic heterocycles. The maximum absolute atomic E-state index is 13.1. The van der Waals surface area contributed by atoms with Crippen LogP contribution in [0.2, 0.25) is 5.02 Å². The van der Waals surface area contributed by atoms with Gasteiger partial charge in [-0.2, -0.15) is 0 Å². The molecule has 0 bridgehead atoms. The Balaban J connectivity index is 1.96. The molecule has 1 aliphatic rings. The van der Waals surface area contributed by atoms with Crippen LogP contribution in [0.1, 0.15) is 45.4 Å². The zero-order valence-corrected chi connectivity index (χ0v) is 17.2. The third-order valence-electron chi connectivity index (χ3n) is 4.75. The normalized spacial score (nSPS) is 18.0. The smallest absolute Gasteiger partial charge is 0.262 e.